The summed E-state index contributed by atoms with van der Waals surface area (Å²) in [7, 11) is 0. The first-order chi connectivity index (χ1) is 15.1. The zero-order valence-electron chi connectivity index (χ0n) is 17.9. The Hall–Kier alpha value is -2.96. The van der Waals surface area contributed by atoms with Crippen LogP contribution in [-0.4, -0.2) is 24.0 Å². The summed E-state index contributed by atoms with van der Waals surface area (Å²) in [6, 6.07) is 17.7. The van der Waals surface area contributed by atoms with E-state index in [0.29, 0.717) is 19.8 Å². The first-order valence-corrected chi connectivity index (χ1v) is 11.2. The summed E-state index contributed by atoms with van der Waals surface area (Å²) in [5, 5.41) is 5.90. The lowest BCUT2D eigenvalue weighted by atomic mass is 10.1. The lowest BCUT2D eigenvalue weighted by Crippen LogP contribution is -2.23. The van der Waals surface area contributed by atoms with E-state index in [4.69, 9.17) is 9.47 Å². The Balaban J connectivity index is 1.39. The largest absolute Gasteiger partial charge is 0.487 e. The van der Waals surface area contributed by atoms with Crippen LogP contribution in [0.2, 0.25) is 0 Å². The second kappa shape index (κ2) is 12.0. The Morgan fingerprint density at radius 1 is 1.16 bits per heavy atom. The number of nitrogens with zero attached hydrogens (tertiary/aromatic N) is 1. The van der Waals surface area contributed by atoms with Crippen LogP contribution in [0.5, 0.6) is 5.75 Å². The molecule has 2 aromatic carbocycles. The average Bonchev–Trinajstić information content (AvgIpc) is 3.22. The molecule has 0 spiro atoms. The van der Waals surface area contributed by atoms with Crippen LogP contribution in [0.4, 0.5) is 0 Å². The van der Waals surface area contributed by atoms with Gasteiger partial charge in [-0.1, -0.05) is 48.5 Å². The molecule has 0 bridgehead atoms. The van der Waals surface area contributed by atoms with Crippen molar-refractivity contribution in [2.75, 3.05) is 13.2 Å². The number of benzene rings is 2. The van der Waals surface area contributed by atoms with E-state index in [1.54, 1.807) is 17.4 Å². The van der Waals surface area contributed by atoms with Crippen molar-refractivity contribution in [3.63, 3.8) is 0 Å². The molecule has 162 valence electrons. The third kappa shape index (κ3) is 7.66. The fourth-order valence-electron chi connectivity index (χ4n) is 2.96. The Kier molecular flexibility index (Phi) is 8.82. The highest BCUT2D eigenvalue weighted by Crippen LogP contribution is 2.21. The molecule has 0 saturated heterocycles. The summed E-state index contributed by atoms with van der Waals surface area (Å²) in [6.45, 7) is 5.56. The molecule has 1 aromatic heterocycles. The molecule has 31 heavy (non-hydrogen) atoms. The summed E-state index contributed by atoms with van der Waals surface area (Å²) in [5.41, 5.74) is 2.91. The van der Waals surface area contributed by atoms with Gasteiger partial charge >= 0.3 is 0 Å². The van der Waals surface area contributed by atoms with Crippen LogP contribution in [0.25, 0.3) is 6.08 Å². The van der Waals surface area contributed by atoms with Gasteiger partial charge in [0.05, 0.1) is 16.8 Å². The summed E-state index contributed by atoms with van der Waals surface area (Å²) >= 11 is 1.60. The molecule has 1 amide bonds. The molecule has 6 heteroatoms. The monoisotopic (exact) mass is 436 g/mol. The van der Waals surface area contributed by atoms with Gasteiger partial charge in [-0.2, -0.15) is 0 Å². The maximum Gasteiger partial charge on any atom is 0.244 e. The number of rotatable bonds is 11. The van der Waals surface area contributed by atoms with Gasteiger partial charge in [0.25, 0.3) is 0 Å². The third-order valence-electron chi connectivity index (χ3n) is 4.63. The molecule has 3 rings (SSSR count). The number of aryl methyl sites for hydroxylation is 1. The number of nitrogens with one attached hydrogen (secondary N) is 1. The number of amides is 1. The molecule has 0 saturated carbocycles. The van der Waals surface area contributed by atoms with Crippen molar-refractivity contribution in [1.82, 2.24) is 10.3 Å². The zero-order chi connectivity index (χ0) is 21.9. The number of carbonyl (C=O) groups excluding carboxylic acids is 1. The molecule has 1 unspecified atom stereocenters. The number of aromatic nitrogens is 1. The summed E-state index contributed by atoms with van der Waals surface area (Å²) in [6.07, 6.45) is 4.10. The van der Waals surface area contributed by atoms with Crippen molar-refractivity contribution in [2.45, 2.75) is 33.0 Å². The van der Waals surface area contributed by atoms with E-state index >= 15 is 0 Å². The highest BCUT2D eigenvalue weighted by molar-refractivity contribution is 7.09. The SMILES string of the molecule is Cc1nc(COc2ccccc2/C=C/C(=O)NCCCOC(C)c2ccccc2)cs1. The van der Waals surface area contributed by atoms with Crippen LogP contribution in [0.1, 0.15) is 41.3 Å². The molecule has 1 heterocycles. The molecule has 1 atom stereocenters. The van der Waals surface area contributed by atoms with Gasteiger partial charge in [-0.3, -0.25) is 4.79 Å². The lowest BCUT2D eigenvalue weighted by Gasteiger charge is -2.13. The maximum atomic E-state index is 12.1. The smallest absolute Gasteiger partial charge is 0.244 e. The van der Waals surface area contributed by atoms with Crippen molar-refractivity contribution in [3.8, 4) is 5.75 Å². The van der Waals surface area contributed by atoms with Crippen LogP contribution in [0, 0.1) is 6.92 Å². The zero-order valence-corrected chi connectivity index (χ0v) is 18.7. The molecule has 0 fully saturated rings. The standard InChI is InChI=1S/C25H28N2O3S/c1-19(21-9-4-3-5-10-21)29-16-8-15-26-25(28)14-13-22-11-6-7-12-24(22)30-17-23-18-31-20(2)27-23/h3-7,9-14,18-19H,8,15-17H2,1-2H3,(H,26,28)/b14-13+. The molecular formula is C25H28N2O3S. The van der Waals surface area contributed by atoms with Crippen molar-refractivity contribution >= 4 is 23.3 Å². The van der Waals surface area contributed by atoms with E-state index in [1.807, 2.05) is 61.7 Å². The summed E-state index contributed by atoms with van der Waals surface area (Å²) in [4.78, 5) is 16.5. The third-order valence-corrected chi connectivity index (χ3v) is 5.45. The highest BCUT2D eigenvalue weighted by atomic mass is 32.1. The molecule has 0 aliphatic carbocycles. The minimum absolute atomic E-state index is 0.0431. The van der Waals surface area contributed by atoms with Crippen LogP contribution in [0.15, 0.2) is 66.1 Å². The number of para-hydroxylation sites is 1. The molecular weight excluding hydrogens is 408 g/mol. The second-order valence-electron chi connectivity index (χ2n) is 7.09. The van der Waals surface area contributed by atoms with Gasteiger partial charge in [0.2, 0.25) is 5.91 Å². The molecule has 5 nitrogen and oxygen atoms in total. The fraction of sp³-hybridized carbons (Fsp3) is 0.280. The predicted molar refractivity (Wildman–Crippen MR) is 125 cm³/mol. The topological polar surface area (TPSA) is 60.5 Å². The summed E-state index contributed by atoms with van der Waals surface area (Å²) < 4.78 is 11.7. The Morgan fingerprint density at radius 3 is 2.71 bits per heavy atom. The number of hydrogen-bond acceptors (Lipinski definition) is 5. The first-order valence-electron chi connectivity index (χ1n) is 10.4. The molecule has 0 radical (unpaired) electrons. The number of thiazole rings is 1. The van der Waals surface area contributed by atoms with E-state index in [2.05, 4.69) is 22.4 Å². The highest BCUT2D eigenvalue weighted by Gasteiger charge is 2.05. The van der Waals surface area contributed by atoms with Crippen LogP contribution < -0.4 is 10.1 Å². The van der Waals surface area contributed by atoms with Crippen molar-refractivity contribution in [3.05, 3.63) is 87.9 Å². The van der Waals surface area contributed by atoms with Gasteiger partial charge in [-0.15, -0.1) is 11.3 Å². The fourth-order valence-corrected chi connectivity index (χ4v) is 3.56. The minimum atomic E-state index is -0.138. The first kappa shape index (κ1) is 22.7. The molecule has 0 aliphatic rings. The number of hydrogen-bond donors (Lipinski definition) is 1. The van der Waals surface area contributed by atoms with Crippen molar-refractivity contribution in [1.29, 1.82) is 0 Å². The Labute approximate surface area is 187 Å². The van der Waals surface area contributed by atoms with Gasteiger partial charge in [0.15, 0.2) is 0 Å². The lowest BCUT2D eigenvalue weighted by molar-refractivity contribution is -0.116. The summed E-state index contributed by atoms with van der Waals surface area (Å²) in [5.74, 6) is 0.585. The normalized spacial score (nSPS) is 12.1. The van der Waals surface area contributed by atoms with Gasteiger partial charge in [-0.05, 0) is 38.0 Å². The van der Waals surface area contributed by atoms with E-state index in [0.717, 1.165) is 34.0 Å². The average molecular weight is 437 g/mol. The van der Waals surface area contributed by atoms with Crippen molar-refractivity contribution in [2.24, 2.45) is 0 Å². The van der Waals surface area contributed by atoms with E-state index in [9.17, 15) is 4.79 Å². The quantitative estimate of drug-likeness (QED) is 0.326. The molecule has 3 aromatic rings. The van der Waals surface area contributed by atoms with Gasteiger partial charge in [0.1, 0.15) is 12.4 Å². The van der Waals surface area contributed by atoms with Gasteiger partial charge < -0.3 is 14.8 Å². The molecule has 0 aliphatic heterocycles. The van der Waals surface area contributed by atoms with Crippen LogP contribution in [-0.2, 0) is 16.1 Å². The molecule has 1 N–H and O–H groups in total. The Morgan fingerprint density at radius 2 is 1.94 bits per heavy atom. The van der Waals surface area contributed by atoms with Gasteiger partial charge in [0, 0.05) is 30.2 Å². The van der Waals surface area contributed by atoms with Crippen LogP contribution >= 0.6 is 11.3 Å². The van der Waals surface area contributed by atoms with E-state index in [1.165, 1.54) is 6.08 Å². The number of ether oxygens (including phenoxy) is 2. The minimum Gasteiger partial charge on any atom is -0.487 e. The van der Waals surface area contributed by atoms with Crippen molar-refractivity contribution < 1.29 is 14.3 Å². The maximum absolute atomic E-state index is 12.1. The van der Waals surface area contributed by atoms with Crippen LogP contribution in [0.3, 0.4) is 0 Å². The van der Waals surface area contributed by atoms with E-state index < -0.39 is 0 Å². The number of carbonyl (C=O) groups is 1. The second-order valence-corrected chi connectivity index (χ2v) is 8.15. The predicted octanol–water partition coefficient (Wildman–Crippen LogP) is 5.33. The van der Waals surface area contributed by atoms with E-state index in [-0.39, 0.29) is 12.0 Å². The Bertz CT molecular complexity index is 985. The van der Waals surface area contributed by atoms with Gasteiger partial charge in [-0.25, -0.2) is 4.98 Å².